The summed E-state index contributed by atoms with van der Waals surface area (Å²) < 4.78 is 46.4. The van der Waals surface area contributed by atoms with Gasteiger partial charge in [0.1, 0.15) is 11.8 Å². The monoisotopic (exact) mass is 543 g/mol. The van der Waals surface area contributed by atoms with Crippen molar-refractivity contribution in [3.63, 3.8) is 0 Å². The summed E-state index contributed by atoms with van der Waals surface area (Å²) in [5.74, 6) is -0.0899. The summed E-state index contributed by atoms with van der Waals surface area (Å²) in [6.45, 7) is 2.47. The summed E-state index contributed by atoms with van der Waals surface area (Å²) in [6, 6.07) is 10.4. The van der Waals surface area contributed by atoms with Crippen molar-refractivity contribution in [2.45, 2.75) is 51.2 Å². The molecule has 4 aromatic rings. The topological polar surface area (TPSA) is 77.1 Å². The Labute approximate surface area is 221 Å². The Morgan fingerprint density at radius 2 is 2.03 bits per heavy atom. The summed E-state index contributed by atoms with van der Waals surface area (Å²) in [7, 11) is 0. The number of rotatable bonds is 5. The van der Waals surface area contributed by atoms with Crippen LogP contribution in [0.5, 0.6) is 0 Å². The van der Waals surface area contributed by atoms with E-state index in [1.165, 1.54) is 0 Å². The van der Waals surface area contributed by atoms with Crippen LogP contribution in [0.2, 0.25) is 5.02 Å². The van der Waals surface area contributed by atoms with Gasteiger partial charge in [0.15, 0.2) is 11.5 Å². The van der Waals surface area contributed by atoms with Gasteiger partial charge in [-0.3, -0.25) is 4.79 Å². The van der Waals surface area contributed by atoms with Crippen LogP contribution in [0.1, 0.15) is 53.3 Å². The molecule has 198 valence electrons. The summed E-state index contributed by atoms with van der Waals surface area (Å²) in [5, 5.41) is 4.20. The van der Waals surface area contributed by atoms with Crippen LogP contribution in [-0.2, 0) is 12.6 Å². The molecule has 2 aromatic heterocycles. The third-order valence-corrected chi connectivity index (χ3v) is 7.96. The number of hydrogen-bond donors (Lipinski definition) is 0. The highest BCUT2D eigenvalue weighted by atomic mass is 35.5. The van der Waals surface area contributed by atoms with Gasteiger partial charge >= 0.3 is 6.18 Å². The first kappa shape index (κ1) is 24.9. The molecular formula is C27H25ClF3N5O2. The van der Waals surface area contributed by atoms with Crippen LogP contribution in [0.4, 0.5) is 13.2 Å². The molecular weight excluding hydrogens is 519 g/mol. The Bertz CT molecular complexity index is 1510. The fourth-order valence-corrected chi connectivity index (χ4v) is 6.20. The normalized spacial score (nSPS) is 21.4. The van der Waals surface area contributed by atoms with Gasteiger partial charge in [0.05, 0.1) is 11.3 Å². The maximum Gasteiger partial charge on any atom is 0.453 e. The van der Waals surface area contributed by atoms with Crippen LogP contribution in [0.25, 0.3) is 16.8 Å². The Morgan fingerprint density at radius 1 is 1.18 bits per heavy atom. The zero-order valence-electron chi connectivity index (χ0n) is 20.6. The van der Waals surface area contributed by atoms with Crippen LogP contribution in [-0.4, -0.2) is 43.1 Å². The maximum absolute atomic E-state index is 14.0. The van der Waals surface area contributed by atoms with E-state index in [-0.39, 0.29) is 17.6 Å². The molecule has 0 spiro atoms. The molecule has 38 heavy (non-hydrogen) atoms. The number of carbonyl (C=O) groups excluding carboxylic acids is 1. The molecule has 1 amide bonds. The number of hydrogen-bond acceptors (Lipinski definition) is 5. The predicted molar refractivity (Wildman–Crippen MR) is 134 cm³/mol. The molecule has 2 fully saturated rings. The van der Waals surface area contributed by atoms with E-state index in [0.29, 0.717) is 58.8 Å². The van der Waals surface area contributed by atoms with Crippen molar-refractivity contribution in [1.82, 2.24) is 24.6 Å². The number of alkyl halides is 3. The van der Waals surface area contributed by atoms with Crippen LogP contribution in [0, 0.1) is 18.8 Å². The molecule has 11 heteroatoms. The summed E-state index contributed by atoms with van der Waals surface area (Å²) in [6.07, 6.45) is 0.794. The number of fused-ring (bicyclic) bond motifs is 2. The molecule has 3 heterocycles. The van der Waals surface area contributed by atoms with Crippen molar-refractivity contribution < 1.29 is 22.4 Å². The number of aromatic nitrogens is 4. The van der Waals surface area contributed by atoms with E-state index in [2.05, 4.69) is 15.1 Å². The lowest BCUT2D eigenvalue weighted by Crippen LogP contribution is -2.39. The Hall–Kier alpha value is -3.40. The second-order valence-corrected chi connectivity index (χ2v) is 10.6. The number of amides is 1. The van der Waals surface area contributed by atoms with Crippen LogP contribution in [0.15, 0.2) is 47.1 Å². The van der Waals surface area contributed by atoms with E-state index < -0.39 is 12.0 Å². The third kappa shape index (κ3) is 4.55. The van der Waals surface area contributed by atoms with Gasteiger partial charge in [-0.2, -0.15) is 13.2 Å². The smallest absolute Gasteiger partial charge is 0.441 e. The zero-order valence-corrected chi connectivity index (χ0v) is 21.3. The SMILES string of the molecule is Cc1ccc(-n2cnc(C(F)(F)F)n2)c(C(=O)N2CC3CCCC3C2CCc2nc3cc(Cl)ccc3o2)c1. The fraction of sp³-hybridized carbons (Fsp3) is 0.407. The highest BCUT2D eigenvalue weighted by Crippen LogP contribution is 2.44. The zero-order chi connectivity index (χ0) is 26.6. The molecule has 1 aliphatic heterocycles. The van der Waals surface area contributed by atoms with Gasteiger partial charge in [-0.1, -0.05) is 29.7 Å². The molecule has 1 aliphatic carbocycles. The summed E-state index contributed by atoms with van der Waals surface area (Å²) in [5.41, 5.74) is 2.77. The number of halogens is 4. The minimum atomic E-state index is -4.67. The minimum Gasteiger partial charge on any atom is -0.441 e. The van der Waals surface area contributed by atoms with E-state index in [1.807, 2.05) is 11.8 Å². The third-order valence-electron chi connectivity index (χ3n) is 7.73. The minimum absolute atomic E-state index is 0.0246. The number of aryl methyl sites for hydroxylation is 2. The number of benzene rings is 2. The van der Waals surface area contributed by atoms with E-state index >= 15 is 0 Å². The Balaban J connectivity index is 1.29. The number of nitrogens with zero attached hydrogens (tertiary/aromatic N) is 5. The van der Waals surface area contributed by atoms with Crippen molar-refractivity contribution in [1.29, 1.82) is 0 Å². The molecule has 2 aromatic carbocycles. The van der Waals surface area contributed by atoms with Crippen molar-refractivity contribution in [2.24, 2.45) is 11.8 Å². The lowest BCUT2D eigenvalue weighted by Gasteiger charge is -2.28. The average molecular weight is 544 g/mol. The van der Waals surface area contributed by atoms with E-state index in [4.69, 9.17) is 16.0 Å². The average Bonchev–Trinajstić information content (AvgIpc) is 3.65. The number of likely N-dealkylation sites (tertiary alicyclic amines) is 1. The Morgan fingerprint density at radius 3 is 2.82 bits per heavy atom. The first-order chi connectivity index (χ1) is 18.2. The van der Waals surface area contributed by atoms with Gasteiger partial charge in [0.25, 0.3) is 11.7 Å². The van der Waals surface area contributed by atoms with E-state index in [1.54, 1.807) is 36.4 Å². The van der Waals surface area contributed by atoms with Gasteiger partial charge < -0.3 is 9.32 Å². The highest BCUT2D eigenvalue weighted by molar-refractivity contribution is 6.31. The first-order valence-electron chi connectivity index (χ1n) is 12.6. The van der Waals surface area contributed by atoms with Gasteiger partial charge in [-0.25, -0.2) is 14.6 Å². The second kappa shape index (κ2) is 9.41. The van der Waals surface area contributed by atoms with Crippen LogP contribution in [0.3, 0.4) is 0 Å². The standard InChI is InChI=1S/C27H25ClF3N5O2/c1-15-5-7-22(36-14-32-26(34-36)27(29,30)31)19(11-15)25(37)35-13-16-3-2-4-18(16)21(35)8-10-24-33-20-12-17(28)6-9-23(20)38-24/h5-7,9,11-12,14,16,18,21H,2-4,8,10,13H2,1H3. The molecule has 0 radical (unpaired) electrons. The lowest BCUT2D eigenvalue weighted by molar-refractivity contribution is -0.144. The first-order valence-corrected chi connectivity index (χ1v) is 13.0. The van der Waals surface area contributed by atoms with Crippen molar-refractivity contribution in [3.8, 4) is 5.69 Å². The molecule has 2 aliphatic rings. The molecule has 0 N–H and O–H groups in total. The largest absolute Gasteiger partial charge is 0.453 e. The molecule has 6 rings (SSSR count). The van der Waals surface area contributed by atoms with Crippen LogP contribution < -0.4 is 0 Å². The predicted octanol–water partition coefficient (Wildman–Crippen LogP) is 6.26. The summed E-state index contributed by atoms with van der Waals surface area (Å²) in [4.78, 5) is 23.9. The number of carbonyl (C=O) groups is 1. The summed E-state index contributed by atoms with van der Waals surface area (Å²) >= 11 is 6.08. The molecule has 3 atom stereocenters. The molecule has 7 nitrogen and oxygen atoms in total. The van der Waals surface area contributed by atoms with Crippen molar-refractivity contribution in [2.75, 3.05) is 6.54 Å². The molecule has 0 bridgehead atoms. The van der Waals surface area contributed by atoms with Gasteiger partial charge in [-0.05, 0) is 68.4 Å². The molecule has 3 unspecified atom stereocenters. The fourth-order valence-electron chi connectivity index (χ4n) is 6.03. The van der Waals surface area contributed by atoms with Gasteiger partial charge in [0.2, 0.25) is 0 Å². The Kier molecular flexibility index (Phi) is 6.17. The van der Waals surface area contributed by atoms with Gasteiger partial charge in [-0.15, -0.1) is 5.10 Å². The quantitative estimate of drug-likeness (QED) is 0.297. The number of oxazole rings is 1. The van der Waals surface area contributed by atoms with E-state index in [0.717, 1.165) is 35.8 Å². The lowest BCUT2D eigenvalue weighted by atomic mass is 9.91. The molecule has 1 saturated carbocycles. The molecule has 1 saturated heterocycles. The van der Waals surface area contributed by atoms with Crippen molar-refractivity contribution >= 4 is 28.6 Å². The maximum atomic E-state index is 14.0. The second-order valence-electron chi connectivity index (χ2n) is 10.2. The van der Waals surface area contributed by atoms with Crippen molar-refractivity contribution in [3.05, 3.63) is 70.6 Å². The highest BCUT2D eigenvalue weighted by Gasteiger charge is 2.46. The van der Waals surface area contributed by atoms with Gasteiger partial charge in [0, 0.05) is 24.0 Å². The van der Waals surface area contributed by atoms with E-state index in [9.17, 15) is 18.0 Å². The van der Waals surface area contributed by atoms with Crippen LogP contribution >= 0.6 is 11.6 Å².